The number of nitrogens with one attached hydrogen (secondary N) is 1. The van der Waals surface area contributed by atoms with Crippen LogP contribution in [0.15, 0.2) is 17.6 Å². The largest absolute Gasteiger partial charge is 0.383 e. The molecule has 0 aliphatic carbocycles. The number of methoxy groups -OCH3 is 1. The molecule has 0 aliphatic rings. The first-order chi connectivity index (χ1) is 8.78. The first kappa shape index (κ1) is 13.2. The van der Waals surface area contributed by atoms with Crippen molar-refractivity contribution in [1.82, 2.24) is 20.1 Å². The van der Waals surface area contributed by atoms with E-state index in [-0.39, 0.29) is 0 Å². The summed E-state index contributed by atoms with van der Waals surface area (Å²) < 4.78 is 6.89. The first-order valence-corrected chi connectivity index (χ1v) is 6.79. The number of aromatic nitrogens is 3. The second kappa shape index (κ2) is 6.63. The van der Waals surface area contributed by atoms with Gasteiger partial charge in [0.1, 0.15) is 5.01 Å². The van der Waals surface area contributed by atoms with E-state index in [0.717, 1.165) is 42.6 Å². The lowest BCUT2D eigenvalue weighted by Gasteiger charge is -2.01. The van der Waals surface area contributed by atoms with Crippen molar-refractivity contribution >= 4 is 11.3 Å². The van der Waals surface area contributed by atoms with Gasteiger partial charge in [-0.15, -0.1) is 11.3 Å². The molecule has 0 spiro atoms. The molecule has 0 saturated carbocycles. The predicted molar refractivity (Wildman–Crippen MR) is 71.8 cm³/mol. The molecule has 2 heterocycles. The Labute approximate surface area is 111 Å². The minimum absolute atomic E-state index is 0.721. The van der Waals surface area contributed by atoms with Crippen LogP contribution in [0.5, 0.6) is 0 Å². The van der Waals surface area contributed by atoms with Gasteiger partial charge in [-0.1, -0.05) is 0 Å². The van der Waals surface area contributed by atoms with Crippen LogP contribution < -0.4 is 5.32 Å². The summed E-state index contributed by atoms with van der Waals surface area (Å²) in [6.45, 7) is 5.09. The molecule has 18 heavy (non-hydrogen) atoms. The van der Waals surface area contributed by atoms with Gasteiger partial charge < -0.3 is 10.1 Å². The molecule has 98 valence electrons. The first-order valence-electron chi connectivity index (χ1n) is 5.91. The van der Waals surface area contributed by atoms with Gasteiger partial charge in [-0.3, -0.25) is 4.68 Å². The van der Waals surface area contributed by atoms with Crippen LogP contribution in [0.25, 0.3) is 0 Å². The minimum Gasteiger partial charge on any atom is -0.383 e. The van der Waals surface area contributed by atoms with Crippen molar-refractivity contribution in [1.29, 1.82) is 0 Å². The van der Waals surface area contributed by atoms with E-state index in [1.165, 1.54) is 0 Å². The number of thiazole rings is 1. The fourth-order valence-electron chi connectivity index (χ4n) is 1.59. The summed E-state index contributed by atoms with van der Waals surface area (Å²) in [5.74, 6) is 0. The average Bonchev–Trinajstić information content (AvgIpc) is 2.95. The number of hydrogen-bond acceptors (Lipinski definition) is 5. The summed E-state index contributed by atoms with van der Waals surface area (Å²) in [5, 5.41) is 10.9. The minimum atomic E-state index is 0.721. The third-order valence-corrected chi connectivity index (χ3v) is 3.40. The highest BCUT2D eigenvalue weighted by Crippen LogP contribution is 2.10. The highest BCUT2D eigenvalue weighted by Gasteiger charge is 2.02. The van der Waals surface area contributed by atoms with Crippen molar-refractivity contribution in [3.63, 3.8) is 0 Å². The van der Waals surface area contributed by atoms with Crippen LogP contribution in [0, 0.1) is 6.92 Å². The molecule has 2 aromatic rings. The normalized spacial score (nSPS) is 11.0. The molecule has 2 rings (SSSR count). The summed E-state index contributed by atoms with van der Waals surface area (Å²) in [5.41, 5.74) is 2.11. The maximum absolute atomic E-state index is 4.97. The molecular weight excluding hydrogens is 248 g/mol. The summed E-state index contributed by atoms with van der Waals surface area (Å²) in [7, 11) is 1.70. The van der Waals surface area contributed by atoms with Gasteiger partial charge >= 0.3 is 0 Å². The van der Waals surface area contributed by atoms with Crippen LogP contribution in [0.2, 0.25) is 0 Å². The molecule has 0 radical (unpaired) electrons. The molecule has 0 unspecified atom stereocenters. The van der Waals surface area contributed by atoms with Crippen LogP contribution in [0.1, 0.15) is 16.4 Å². The van der Waals surface area contributed by atoms with Gasteiger partial charge in [0.15, 0.2) is 0 Å². The average molecular weight is 266 g/mol. The summed E-state index contributed by atoms with van der Waals surface area (Å²) in [4.78, 5) is 4.43. The molecule has 0 aromatic carbocycles. The van der Waals surface area contributed by atoms with Crippen molar-refractivity contribution in [3.05, 3.63) is 34.0 Å². The van der Waals surface area contributed by atoms with E-state index in [0.29, 0.717) is 0 Å². The van der Waals surface area contributed by atoms with E-state index in [1.807, 2.05) is 23.9 Å². The van der Waals surface area contributed by atoms with E-state index < -0.39 is 0 Å². The second-order valence-electron chi connectivity index (χ2n) is 4.06. The van der Waals surface area contributed by atoms with Crippen molar-refractivity contribution in [3.8, 4) is 0 Å². The van der Waals surface area contributed by atoms with Crippen LogP contribution in [-0.4, -0.2) is 35.0 Å². The SMILES string of the molecule is COCCNCc1ccn(Cc2nc(C)cs2)n1. The third-order valence-electron chi connectivity index (χ3n) is 2.45. The van der Waals surface area contributed by atoms with Crippen LogP contribution >= 0.6 is 11.3 Å². The third kappa shape index (κ3) is 3.90. The molecule has 0 atom stereocenters. The van der Waals surface area contributed by atoms with Gasteiger partial charge in [-0.25, -0.2) is 4.98 Å². The van der Waals surface area contributed by atoms with E-state index in [9.17, 15) is 0 Å². The maximum atomic E-state index is 4.97. The second-order valence-corrected chi connectivity index (χ2v) is 5.00. The van der Waals surface area contributed by atoms with Gasteiger partial charge in [0, 0.05) is 37.5 Å². The number of aryl methyl sites for hydroxylation is 1. The molecular formula is C12H18N4OS. The Bertz CT molecular complexity index is 480. The van der Waals surface area contributed by atoms with Crippen LogP contribution in [0.3, 0.4) is 0 Å². The Morgan fingerprint density at radius 3 is 3.11 bits per heavy atom. The van der Waals surface area contributed by atoms with Gasteiger partial charge in [0.05, 0.1) is 18.8 Å². The lowest BCUT2D eigenvalue weighted by atomic mass is 10.4. The number of rotatable bonds is 7. The van der Waals surface area contributed by atoms with Crippen LogP contribution in [-0.2, 0) is 17.8 Å². The molecule has 6 heteroatoms. The monoisotopic (exact) mass is 266 g/mol. The highest BCUT2D eigenvalue weighted by molar-refractivity contribution is 7.09. The lowest BCUT2D eigenvalue weighted by molar-refractivity contribution is 0.199. The summed E-state index contributed by atoms with van der Waals surface area (Å²) in [6.07, 6.45) is 1.99. The number of hydrogen-bond donors (Lipinski definition) is 1. The zero-order chi connectivity index (χ0) is 12.8. The fraction of sp³-hybridized carbons (Fsp3) is 0.500. The van der Waals surface area contributed by atoms with E-state index in [4.69, 9.17) is 4.74 Å². The van der Waals surface area contributed by atoms with Crippen molar-refractivity contribution in [2.75, 3.05) is 20.3 Å². The molecule has 0 bridgehead atoms. The predicted octanol–water partition coefficient (Wildman–Crippen LogP) is 1.43. The zero-order valence-electron chi connectivity index (χ0n) is 10.7. The van der Waals surface area contributed by atoms with E-state index >= 15 is 0 Å². The Balaban J connectivity index is 1.82. The molecule has 5 nitrogen and oxygen atoms in total. The topological polar surface area (TPSA) is 52.0 Å². The van der Waals surface area contributed by atoms with Gasteiger partial charge in [-0.05, 0) is 13.0 Å². The van der Waals surface area contributed by atoms with Gasteiger partial charge in [0.25, 0.3) is 0 Å². The Morgan fingerprint density at radius 2 is 2.39 bits per heavy atom. The van der Waals surface area contributed by atoms with Crippen LogP contribution in [0.4, 0.5) is 0 Å². The Morgan fingerprint density at radius 1 is 1.50 bits per heavy atom. The van der Waals surface area contributed by atoms with Crippen molar-refractivity contribution < 1.29 is 4.74 Å². The van der Waals surface area contributed by atoms with Crippen molar-refractivity contribution in [2.24, 2.45) is 0 Å². The fourth-order valence-corrected chi connectivity index (χ4v) is 2.35. The molecule has 0 amide bonds. The zero-order valence-corrected chi connectivity index (χ0v) is 11.5. The number of ether oxygens (including phenoxy) is 1. The molecule has 0 fully saturated rings. The highest BCUT2D eigenvalue weighted by atomic mass is 32.1. The summed E-state index contributed by atoms with van der Waals surface area (Å²) in [6, 6.07) is 2.03. The Kier molecular flexibility index (Phi) is 4.86. The number of nitrogens with zero attached hydrogens (tertiary/aromatic N) is 3. The van der Waals surface area contributed by atoms with E-state index in [1.54, 1.807) is 18.4 Å². The Hall–Kier alpha value is -1.24. The van der Waals surface area contributed by atoms with Gasteiger partial charge in [0.2, 0.25) is 0 Å². The van der Waals surface area contributed by atoms with Gasteiger partial charge in [-0.2, -0.15) is 5.10 Å². The van der Waals surface area contributed by atoms with Crippen molar-refractivity contribution in [2.45, 2.75) is 20.0 Å². The standard InChI is InChI=1S/C12H18N4OS/c1-10-9-18-12(14-10)8-16-5-3-11(15-16)7-13-4-6-17-2/h3,5,9,13H,4,6-8H2,1-2H3. The quantitative estimate of drug-likeness (QED) is 0.770. The maximum Gasteiger partial charge on any atom is 0.114 e. The molecule has 0 aliphatic heterocycles. The molecule has 1 N–H and O–H groups in total. The van der Waals surface area contributed by atoms with E-state index in [2.05, 4.69) is 20.8 Å². The lowest BCUT2D eigenvalue weighted by Crippen LogP contribution is -2.19. The molecule has 0 saturated heterocycles. The summed E-state index contributed by atoms with van der Waals surface area (Å²) >= 11 is 1.67. The smallest absolute Gasteiger partial charge is 0.114 e. The molecule has 2 aromatic heterocycles.